The van der Waals surface area contributed by atoms with E-state index in [1.807, 2.05) is 44.0 Å². The van der Waals surface area contributed by atoms with Crippen LogP contribution >= 0.6 is 0 Å². The standard InChI is InChI=1S/C20H27N3O4/c1-6-26-19(24)16-15(13(3)4)17(20(25)27-7-2)22-18(16)23(5)12-14-10-8-9-11-21-14/h8-11,13,22H,6-7,12H2,1-5H3. The van der Waals surface area contributed by atoms with Crippen molar-refractivity contribution >= 4 is 17.8 Å². The van der Waals surface area contributed by atoms with Crippen LogP contribution in [-0.4, -0.2) is 42.2 Å². The molecule has 0 spiro atoms. The first-order valence-corrected chi connectivity index (χ1v) is 9.11. The summed E-state index contributed by atoms with van der Waals surface area (Å²) in [6, 6.07) is 5.65. The van der Waals surface area contributed by atoms with Crippen LogP contribution in [0.5, 0.6) is 0 Å². The van der Waals surface area contributed by atoms with Gasteiger partial charge in [-0.1, -0.05) is 19.9 Å². The number of carbonyl (C=O) groups excluding carboxylic acids is 2. The van der Waals surface area contributed by atoms with Gasteiger partial charge in [0.1, 0.15) is 17.1 Å². The van der Waals surface area contributed by atoms with Crippen LogP contribution in [0.3, 0.4) is 0 Å². The molecule has 0 saturated heterocycles. The Labute approximate surface area is 159 Å². The lowest BCUT2D eigenvalue weighted by Gasteiger charge is -2.19. The van der Waals surface area contributed by atoms with Crippen molar-refractivity contribution < 1.29 is 19.1 Å². The summed E-state index contributed by atoms with van der Waals surface area (Å²) in [6.45, 7) is 8.32. The summed E-state index contributed by atoms with van der Waals surface area (Å²) in [6.07, 6.45) is 1.72. The summed E-state index contributed by atoms with van der Waals surface area (Å²) in [7, 11) is 1.84. The Morgan fingerprint density at radius 1 is 1.15 bits per heavy atom. The zero-order chi connectivity index (χ0) is 20.0. The molecule has 0 amide bonds. The second kappa shape index (κ2) is 9.21. The maximum atomic E-state index is 12.7. The van der Waals surface area contributed by atoms with Gasteiger partial charge in [-0.2, -0.15) is 0 Å². The molecule has 0 aliphatic carbocycles. The van der Waals surface area contributed by atoms with E-state index in [1.165, 1.54) is 0 Å². The number of hydrogen-bond acceptors (Lipinski definition) is 6. The van der Waals surface area contributed by atoms with Gasteiger partial charge in [-0.25, -0.2) is 9.59 Å². The van der Waals surface area contributed by atoms with E-state index in [9.17, 15) is 9.59 Å². The number of rotatable bonds is 8. The molecule has 0 atom stereocenters. The van der Waals surface area contributed by atoms with Crippen LogP contribution in [0.25, 0.3) is 0 Å². The van der Waals surface area contributed by atoms with Gasteiger partial charge >= 0.3 is 11.9 Å². The Bertz CT molecular complexity index is 784. The lowest BCUT2D eigenvalue weighted by molar-refractivity contribution is 0.0518. The van der Waals surface area contributed by atoms with Crippen LogP contribution in [0.15, 0.2) is 24.4 Å². The van der Waals surface area contributed by atoms with E-state index in [0.717, 1.165) is 5.69 Å². The van der Waals surface area contributed by atoms with Crippen molar-refractivity contribution in [3.8, 4) is 0 Å². The highest BCUT2D eigenvalue weighted by Gasteiger charge is 2.31. The highest BCUT2D eigenvalue weighted by molar-refractivity contribution is 6.02. The largest absolute Gasteiger partial charge is 0.462 e. The van der Waals surface area contributed by atoms with Gasteiger partial charge in [0, 0.05) is 18.8 Å². The molecule has 0 bridgehead atoms. The zero-order valence-corrected chi connectivity index (χ0v) is 16.5. The monoisotopic (exact) mass is 373 g/mol. The predicted molar refractivity (Wildman–Crippen MR) is 103 cm³/mol. The number of anilines is 1. The topological polar surface area (TPSA) is 84.5 Å². The van der Waals surface area contributed by atoms with Crippen LogP contribution in [0.1, 0.15) is 65.7 Å². The summed E-state index contributed by atoms with van der Waals surface area (Å²) in [5, 5.41) is 0. The minimum atomic E-state index is -0.482. The summed E-state index contributed by atoms with van der Waals surface area (Å²) in [5.74, 6) is -0.497. The second-order valence-electron chi connectivity index (χ2n) is 6.41. The highest BCUT2D eigenvalue weighted by Crippen LogP contribution is 2.33. The average molecular weight is 373 g/mol. The number of nitrogens with one attached hydrogen (secondary N) is 1. The molecule has 2 rings (SSSR count). The highest BCUT2D eigenvalue weighted by atomic mass is 16.5. The quantitative estimate of drug-likeness (QED) is 0.713. The van der Waals surface area contributed by atoms with E-state index in [1.54, 1.807) is 20.0 Å². The van der Waals surface area contributed by atoms with Gasteiger partial charge in [-0.15, -0.1) is 0 Å². The van der Waals surface area contributed by atoms with Gasteiger partial charge in [0.2, 0.25) is 0 Å². The molecular weight excluding hydrogens is 346 g/mol. The molecular formula is C20H27N3O4. The van der Waals surface area contributed by atoms with E-state index in [4.69, 9.17) is 9.47 Å². The Morgan fingerprint density at radius 3 is 2.37 bits per heavy atom. The molecule has 0 aromatic carbocycles. The second-order valence-corrected chi connectivity index (χ2v) is 6.41. The summed E-state index contributed by atoms with van der Waals surface area (Å²) >= 11 is 0. The van der Waals surface area contributed by atoms with Gasteiger partial charge in [0.15, 0.2) is 0 Å². The van der Waals surface area contributed by atoms with Crippen LogP contribution in [0, 0.1) is 0 Å². The Hall–Kier alpha value is -2.83. The van der Waals surface area contributed by atoms with Crippen molar-refractivity contribution in [2.45, 2.75) is 40.2 Å². The molecule has 0 saturated carbocycles. The molecule has 146 valence electrons. The van der Waals surface area contributed by atoms with Gasteiger partial charge in [-0.05, 0) is 31.9 Å². The molecule has 7 nitrogen and oxygen atoms in total. The minimum absolute atomic E-state index is 0.0722. The van der Waals surface area contributed by atoms with E-state index < -0.39 is 11.9 Å². The number of ether oxygens (including phenoxy) is 2. The summed E-state index contributed by atoms with van der Waals surface area (Å²) < 4.78 is 10.4. The molecule has 0 aliphatic heterocycles. The van der Waals surface area contributed by atoms with Crippen molar-refractivity contribution in [3.63, 3.8) is 0 Å². The fraction of sp³-hybridized carbons (Fsp3) is 0.450. The SMILES string of the molecule is CCOC(=O)c1[nH]c(N(C)Cc2ccccn2)c(C(=O)OCC)c1C(C)C. The number of pyridine rings is 1. The van der Waals surface area contributed by atoms with E-state index in [2.05, 4.69) is 9.97 Å². The molecule has 7 heteroatoms. The summed E-state index contributed by atoms with van der Waals surface area (Å²) in [4.78, 5) is 34.4. The molecule has 0 unspecified atom stereocenters. The van der Waals surface area contributed by atoms with Crippen molar-refractivity contribution in [2.75, 3.05) is 25.2 Å². The smallest absolute Gasteiger partial charge is 0.355 e. The van der Waals surface area contributed by atoms with Crippen molar-refractivity contribution in [3.05, 3.63) is 46.9 Å². The number of esters is 2. The van der Waals surface area contributed by atoms with E-state index in [0.29, 0.717) is 23.5 Å². The first-order valence-electron chi connectivity index (χ1n) is 9.11. The van der Waals surface area contributed by atoms with Crippen LogP contribution < -0.4 is 4.90 Å². The van der Waals surface area contributed by atoms with Crippen LogP contribution in [0.4, 0.5) is 5.82 Å². The van der Waals surface area contributed by atoms with Gasteiger partial charge in [0.25, 0.3) is 0 Å². The Balaban J connectivity index is 2.54. The molecule has 0 fully saturated rings. The zero-order valence-electron chi connectivity index (χ0n) is 16.5. The van der Waals surface area contributed by atoms with Gasteiger partial charge in [-0.3, -0.25) is 4.98 Å². The fourth-order valence-electron chi connectivity index (χ4n) is 2.95. The van der Waals surface area contributed by atoms with E-state index >= 15 is 0 Å². The first kappa shape index (κ1) is 20.5. The summed E-state index contributed by atoms with van der Waals surface area (Å²) in [5.41, 5.74) is 2.11. The number of aromatic nitrogens is 2. The van der Waals surface area contributed by atoms with Gasteiger partial charge in [0.05, 0.1) is 25.5 Å². The predicted octanol–water partition coefficient (Wildman–Crippen LogP) is 3.52. The average Bonchev–Trinajstić information content (AvgIpc) is 3.04. The molecule has 0 radical (unpaired) electrons. The van der Waals surface area contributed by atoms with Crippen LogP contribution in [-0.2, 0) is 16.0 Å². The lowest BCUT2D eigenvalue weighted by atomic mass is 9.98. The number of aromatic amines is 1. The first-order chi connectivity index (χ1) is 12.9. The van der Waals surface area contributed by atoms with Crippen LogP contribution in [0.2, 0.25) is 0 Å². The number of H-pyrrole nitrogens is 1. The third kappa shape index (κ3) is 4.67. The molecule has 2 heterocycles. The minimum Gasteiger partial charge on any atom is -0.462 e. The van der Waals surface area contributed by atoms with E-state index in [-0.39, 0.29) is 24.8 Å². The number of carbonyl (C=O) groups is 2. The maximum absolute atomic E-state index is 12.7. The normalized spacial score (nSPS) is 10.7. The molecule has 27 heavy (non-hydrogen) atoms. The number of nitrogens with zero attached hydrogens (tertiary/aromatic N) is 2. The number of hydrogen-bond donors (Lipinski definition) is 1. The molecule has 2 aromatic heterocycles. The van der Waals surface area contributed by atoms with Crippen molar-refractivity contribution in [1.82, 2.24) is 9.97 Å². The molecule has 2 aromatic rings. The lowest BCUT2D eigenvalue weighted by Crippen LogP contribution is -2.21. The maximum Gasteiger partial charge on any atom is 0.355 e. The molecule has 1 N–H and O–H groups in total. The van der Waals surface area contributed by atoms with Crippen molar-refractivity contribution in [1.29, 1.82) is 0 Å². The third-order valence-corrected chi connectivity index (χ3v) is 4.06. The molecule has 0 aliphatic rings. The Kier molecular flexibility index (Phi) is 6.98. The third-order valence-electron chi connectivity index (χ3n) is 4.06. The van der Waals surface area contributed by atoms with Gasteiger partial charge < -0.3 is 19.4 Å². The van der Waals surface area contributed by atoms with Crippen molar-refractivity contribution in [2.24, 2.45) is 0 Å². The Morgan fingerprint density at radius 2 is 1.81 bits per heavy atom. The fourth-order valence-corrected chi connectivity index (χ4v) is 2.95.